The van der Waals surface area contributed by atoms with Gasteiger partial charge in [-0.15, -0.1) is 0 Å². The number of aliphatic imine (C=N–C) groups is 1. The van der Waals surface area contributed by atoms with Crippen LogP contribution in [0.3, 0.4) is 0 Å². The third-order valence-corrected chi connectivity index (χ3v) is 5.31. The molecule has 1 aliphatic heterocycles. The number of aryl methyl sites for hydroxylation is 1. The summed E-state index contributed by atoms with van der Waals surface area (Å²) in [4.78, 5) is 21.3. The lowest BCUT2D eigenvalue weighted by Crippen LogP contribution is -2.43. The number of carbonyl (C=O) groups is 1. The second-order valence-electron chi connectivity index (χ2n) is 7.46. The van der Waals surface area contributed by atoms with Crippen molar-refractivity contribution >= 4 is 11.6 Å². The van der Waals surface area contributed by atoms with Gasteiger partial charge in [-0.1, -0.05) is 45.2 Å². The summed E-state index contributed by atoms with van der Waals surface area (Å²) in [7, 11) is 1.50. The minimum atomic E-state index is -0.343. The van der Waals surface area contributed by atoms with E-state index in [1.54, 1.807) is 6.33 Å². The molecular formula is C23H35N5O. The number of unbranched alkanes of at least 4 members (excludes halogenated alkanes) is 1. The number of rotatable bonds is 3. The molecule has 158 valence electrons. The van der Waals surface area contributed by atoms with Gasteiger partial charge in [-0.3, -0.25) is 9.79 Å². The van der Waals surface area contributed by atoms with E-state index in [1.807, 2.05) is 42.0 Å². The van der Waals surface area contributed by atoms with E-state index >= 15 is 0 Å². The molecule has 1 aromatic heterocycles. The largest absolute Gasteiger partial charge is 0.333 e. The highest BCUT2D eigenvalue weighted by molar-refractivity contribution is 6.46. The molecule has 4 rings (SSSR count). The van der Waals surface area contributed by atoms with Crippen LogP contribution < -0.4 is 11.1 Å². The fraction of sp³-hybridized carbons (Fsp3) is 0.522. The normalized spacial score (nSPS) is 16.9. The lowest BCUT2D eigenvalue weighted by atomic mass is 9.90. The highest BCUT2D eigenvalue weighted by atomic mass is 16.2. The van der Waals surface area contributed by atoms with Crippen molar-refractivity contribution in [2.45, 2.75) is 71.4 Å². The maximum absolute atomic E-state index is 12.4. The molecule has 29 heavy (non-hydrogen) atoms. The standard InChI is InChI=1S/C18H20N4O.C4H10.CH5N/c1-13-11-19-12-22(13)15-7-5-14(6-8-15)16-17(23)21-18(20-16)9-3-2-4-10-18;1-3-4-2;1-2/h5-8,11-12H,2-4,9-10H2,1H3,(H,21,23);3-4H2,1-2H3;2H2,1H3. The lowest BCUT2D eigenvalue weighted by Gasteiger charge is -2.30. The minimum Gasteiger partial charge on any atom is -0.333 e. The second kappa shape index (κ2) is 10.9. The SMILES string of the molecule is CCCC.CN.Cc1cncn1-c1ccc(C2=NC3(CCCCC3)NC2=O)cc1. The van der Waals surface area contributed by atoms with Gasteiger partial charge in [0.1, 0.15) is 11.4 Å². The smallest absolute Gasteiger partial charge is 0.272 e. The molecule has 2 aliphatic rings. The van der Waals surface area contributed by atoms with E-state index in [4.69, 9.17) is 4.99 Å². The highest BCUT2D eigenvalue weighted by Crippen LogP contribution is 2.33. The van der Waals surface area contributed by atoms with Crippen molar-refractivity contribution in [1.82, 2.24) is 14.9 Å². The molecule has 1 aliphatic carbocycles. The fourth-order valence-electron chi connectivity index (χ4n) is 3.54. The molecule has 6 heteroatoms. The fourth-order valence-corrected chi connectivity index (χ4v) is 3.54. The van der Waals surface area contributed by atoms with Gasteiger partial charge in [-0.25, -0.2) is 4.98 Å². The Morgan fingerprint density at radius 2 is 1.69 bits per heavy atom. The van der Waals surface area contributed by atoms with Crippen molar-refractivity contribution in [3.63, 3.8) is 0 Å². The predicted molar refractivity (Wildman–Crippen MR) is 119 cm³/mol. The first-order valence-corrected chi connectivity index (χ1v) is 10.7. The summed E-state index contributed by atoms with van der Waals surface area (Å²) in [6, 6.07) is 7.95. The van der Waals surface area contributed by atoms with Crippen molar-refractivity contribution in [2.24, 2.45) is 10.7 Å². The van der Waals surface area contributed by atoms with Gasteiger partial charge >= 0.3 is 0 Å². The first-order chi connectivity index (χ1) is 14.1. The summed E-state index contributed by atoms with van der Waals surface area (Å²) < 4.78 is 2.02. The van der Waals surface area contributed by atoms with Crippen LogP contribution in [0, 0.1) is 6.92 Å². The van der Waals surface area contributed by atoms with Crippen LogP contribution in [0.15, 0.2) is 41.8 Å². The summed E-state index contributed by atoms with van der Waals surface area (Å²) in [5.41, 5.74) is 7.72. The Morgan fingerprint density at radius 1 is 1.07 bits per heavy atom. The van der Waals surface area contributed by atoms with Crippen molar-refractivity contribution < 1.29 is 4.79 Å². The summed E-state index contributed by atoms with van der Waals surface area (Å²) in [6.45, 7) is 6.38. The summed E-state index contributed by atoms with van der Waals surface area (Å²) in [5.74, 6) is -0.0431. The zero-order chi connectivity index (χ0) is 21.3. The maximum Gasteiger partial charge on any atom is 0.272 e. The summed E-state index contributed by atoms with van der Waals surface area (Å²) in [6.07, 6.45) is 11.7. The van der Waals surface area contributed by atoms with Crippen LogP contribution in [0.4, 0.5) is 0 Å². The van der Waals surface area contributed by atoms with Crippen LogP contribution in [-0.2, 0) is 4.79 Å². The first kappa shape index (κ1) is 22.8. The zero-order valence-electron chi connectivity index (χ0n) is 18.2. The van der Waals surface area contributed by atoms with Crippen molar-refractivity contribution in [3.05, 3.63) is 48.0 Å². The molecule has 0 radical (unpaired) electrons. The Hall–Kier alpha value is -2.47. The predicted octanol–water partition coefficient (Wildman–Crippen LogP) is 4.14. The van der Waals surface area contributed by atoms with Crippen molar-refractivity contribution in [1.29, 1.82) is 0 Å². The summed E-state index contributed by atoms with van der Waals surface area (Å²) in [5, 5.41) is 3.11. The molecule has 2 aromatic rings. The number of imidazole rings is 1. The number of hydrogen-bond acceptors (Lipinski definition) is 4. The Bertz CT molecular complexity index is 799. The van der Waals surface area contributed by atoms with Gasteiger partial charge in [0.25, 0.3) is 5.91 Å². The molecule has 3 N–H and O–H groups in total. The molecule has 1 aromatic carbocycles. The third-order valence-electron chi connectivity index (χ3n) is 5.31. The minimum absolute atomic E-state index is 0.0431. The molecule has 1 amide bonds. The van der Waals surface area contributed by atoms with Crippen LogP contribution in [0.2, 0.25) is 0 Å². The van der Waals surface area contributed by atoms with E-state index in [0.717, 1.165) is 42.6 Å². The molecule has 0 bridgehead atoms. The molecule has 1 fully saturated rings. The third kappa shape index (κ3) is 5.54. The van der Waals surface area contributed by atoms with Gasteiger partial charge in [0.2, 0.25) is 0 Å². The van der Waals surface area contributed by atoms with Gasteiger partial charge in [-0.2, -0.15) is 0 Å². The number of amides is 1. The van der Waals surface area contributed by atoms with Crippen molar-refractivity contribution in [2.75, 3.05) is 7.05 Å². The zero-order valence-corrected chi connectivity index (χ0v) is 18.2. The number of nitrogens with zero attached hydrogens (tertiary/aromatic N) is 3. The van der Waals surface area contributed by atoms with Crippen molar-refractivity contribution in [3.8, 4) is 5.69 Å². The molecule has 1 spiro atoms. The molecule has 1 saturated carbocycles. The average Bonchev–Trinajstić information content (AvgIpc) is 3.33. The molecular weight excluding hydrogens is 362 g/mol. The lowest BCUT2D eigenvalue weighted by molar-refractivity contribution is -0.115. The topological polar surface area (TPSA) is 85.3 Å². The monoisotopic (exact) mass is 397 g/mol. The van der Waals surface area contributed by atoms with Gasteiger partial charge in [0.05, 0.1) is 6.33 Å². The molecule has 2 heterocycles. The number of aromatic nitrogens is 2. The molecule has 6 nitrogen and oxygen atoms in total. The number of benzene rings is 1. The van der Waals surface area contributed by atoms with Crippen LogP contribution in [-0.4, -0.2) is 33.9 Å². The van der Waals surface area contributed by atoms with Crippen LogP contribution >= 0.6 is 0 Å². The maximum atomic E-state index is 12.4. The van der Waals surface area contributed by atoms with Crippen LogP contribution in [0.5, 0.6) is 0 Å². The first-order valence-electron chi connectivity index (χ1n) is 10.7. The van der Waals surface area contributed by atoms with E-state index in [-0.39, 0.29) is 11.6 Å². The Labute approximate surface area is 174 Å². The summed E-state index contributed by atoms with van der Waals surface area (Å²) >= 11 is 0. The Morgan fingerprint density at radius 3 is 2.21 bits per heavy atom. The Balaban J connectivity index is 0.000000449. The number of nitrogens with one attached hydrogen (secondary N) is 1. The Kier molecular flexibility index (Phi) is 8.58. The van der Waals surface area contributed by atoms with Gasteiger partial charge in [-0.05, 0) is 51.8 Å². The van der Waals surface area contributed by atoms with E-state index in [1.165, 1.54) is 26.3 Å². The van der Waals surface area contributed by atoms with Crippen LogP contribution in [0.1, 0.15) is 70.1 Å². The van der Waals surface area contributed by atoms with Gasteiger partial charge in [0.15, 0.2) is 0 Å². The molecule has 0 unspecified atom stereocenters. The molecule has 0 atom stereocenters. The highest BCUT2D eigenvalue weighted by Gasteiger charge is 2.40. The second-order valence-corrected chi connectivity index (χ2v) is 7.46. The average molecular weight is 398 g/mol. The quantitative estimate of drug-likeness (QED) is 0.816. The number of hydrogen-bond donors (Lipinski definition) is 2. The number of carbonyl (C=O) groups excluding carboxylic acids is 1. The van der Waals surface area contributed by atoms with E-state index < -0.39 is 0 Å². The van der Waals surface area contributed by atoms with E-state index in [2.05, 4.69) is 29.9 Å². The molecule has 0 saturated heterocycles. The van der Waals surface area contributed by atoms with Gasteiger partial charge in [0, 0.05) is 23.1 Å². The van der Waals surface area contributed by atoms with E-state index in [0.29, 0.717) is 5.71 Å². The van der Waals surface area contributed by atoms with E-state index in [9.17, 15) is 4.79 Å². The van der Waals surface area contributed by atoms with Crippen LogP contribution in [0.25, 0.3) is 5.69 Å². The van der Waals surface area contributed by atoms with Gasteiger partial charge < -0.3 is 15.6 Å². The number of nitrogens with two attached hydrogens (primary N) is 1.